The molecule has 2 aromatic rings. The molecule has 0 saturated heterocycles. The number of esters is 1. The monoisotopic (exact) mass is 424 g/mol. The molecule has 7 heteroatoms. The number of nitrogens with zero attached hydrogens (tertiary/aromatic N) is 1. The highest BCUT2D eigenvalue weighted by Gasteiger charge is 2.12. The van der Waals surface area contributed by atoms with Gasteiger partial charge in [-0.2, -0.15) is 0 Å². The van der Waals surface area contributed by atoms with Gasteiger partial charge in [-0.1, -0.05) is 18.2 Å². The molecule has 0 bridgehead atoms. The van der Waals surface area contributed by atoms with Crippen molar-refractivity contribution in [3.8, 4) is 5.75 Å². The molecule has 2 aromatic carbocycles. The first kappa shape index (κ1) is 23.7. The van der Waals surface area contributed by atoms with Crippen LogP contribution in [0.5, 0.6) is 5.75 Å². The number of anilines is 1. The van der Waals surface area contributed by atoms with Crippen molar-refractivity contribution in [3.05, 3.63) is 65.7 Å². The second-order valence-electron chi connectivity index (χ2n) is 6.51. The van der Waals surface area contributed by atoms with Gasteiger partial charge in [-0.05, 0) is 57.2 Å². The van der Waals surface area contributed by atoms with Gasteiger partial charge >= 0.3 is 5.97 Å². The molecule has 164 valence electrons. The van der Waals surface area contributed by atoms with Crippen LogP contribution in [0.4, 0.5) is 5.69 Å². The molecule has 31 heavy (non-hydrogen) atoms. The lowest BCUT2D eigenvalue weighted by atomic mass is 10.2. The highest BCUT2D eigenvalue weighted by molar-refractivity contribution is 5.97. The Bertz CT molecular complexity index is 918. The van der Waals surface area contributed by atoms with Gasteiger partial charge in [-0.3, -0.25) is 9.59 Å². The van der Waals surface area contributed by atoms with Crippen molar-refractivity contribution in [1.82, 2.24) is 4.90 Å². The maximum absolute atomic E-state index is 12.3. The first-order chi connectivity index (χ1) is 15.0. The van der Waals surface area contributed by atoms with Gasteiger partial charge in [0, 0.05) is 36.0 Å². The zero-order valence-electron chi connectivity index (χ0n) is 18.1. The Kier molecular flexibility index (Phi) is 9.29. The molecule has 0 aliphatic rings. The van der Waals surface area contributed by atoms with Crippen LogP contribution in [0.25, 0.3) is 6.08 Å². The summed E-state index contributed by atoms with van der Waals surface area (Å²) in [6.07, 6.45) is 2.83. The van der Waals surface area contributed by atoms with Crippen molar-refractivity contribution in [2.24, 2.45) is 0 Å². The minimum absolute atomic E-state index is 0.0606. The van der Waals surface area contributed by atoms with E-state index in [4.69, 9.17) is 9.47 Å². The summed E-state index contributed by atoms with van der Waals surface area (Å²) < 4.78 is 10.5. The van der Waals surface area contributed by atoms with Crippen molar-refractivity contribution in [1.29, 1.82) is 0 Å². The molecule has 0 spiro atoms. The van der Waals surface area contributed by atoms with Crippen LogP contribution in [0.1, 0.15) is 36.7 Å². The predicted molar refractivity (Wildman–Crippen MR) is 120 cm³/mol. The van der Waals surface area contributed by atoms with E-state index >= 15 is 0 Å². The molecule has 2 amide bonds. The Balaban J connectivity index is 1.85. The maximum Gasteiger partial charge on any atom is 0.331 e. The smallest absolute Gasteiger partial charge is 0.331 e. The summed E-state index contributed by atoms with van der Waals surface area (Å²) in [5.41, 5.74) is 1.80. The summed E-state index contributed by atoms with van der Waals surface area (Å²) in [5.74, 6) is -0.509. The highest BCUT2D eigenvalue weighted by Crippen LogP contribution is 2.19. The molecule has 0 atom stereocenters. The summed E-state index contributed by atoms with van der Waals surface area (Å²) in [6.45, 7) is 7.07. The van der Waals surface area contributed by atoms with E-state index in [9.17, 15) is 14.4 Å². The lowest BCUT2D eigenvalue weighted by Crippen LogP contribution is -2.30. The van der Waals surface area contributed by atoms with Crippen molar-refractivity contribution in [3.63, 3.8) is 0 Å². The molecule has 0 aliphatic heterocycles. The van der Waals surface area contributed by atoms with Gasteiger partial charge in [-0.25, -0.2) is 4.79 Å². The Morgan fingerprint density at radius 2 is 1.65 bits per heavy atom. The summed E-state index contributed by atoms with van der Waals surface area (Å²) in [7, 11) is 0. The van der Waals surface area contributed by atoms with Crippen LogP contribution in [-0.2, 0) is 14.3 Å². The fourth-order valence-electron chi connectivity index (χ4n) is 2.83. The quantitative estimate of drug-likeness (QED) is 0.464. The lowest BCUT2D eigenvalue weighted by Gasteiger charge is -2.18. The Hall–Kier alpha value is -3.61. The average molecular weight is 424 g/mol. The number of carbonyl (C=O) groups excluding carboxylic acids is 3. The van der Waals surface area contributed by atoms with Gasteiger partial charge in [-0.15, -0.1) is 0 Å². The Morgan fingerprint density at radius 3 is 2.29 bits per heavy atom. The number of para-hydroxylation sites is 1. The van der Waals surface area contributed by atoms with E-state index in [-0.39, 0.29) is 5.91 Å². The fraction of sp³-hybridized carbons (Fsp3) is 0.292. The highest BCUT2D eigenvalue weighted by atomic mass is 16.5. The van der Waals surface area contributed by atoms with Crippen LogP contribution in [0, 0.1) is 0 Å². The van der Waals surface area contributed by atoms with Crippen molar-refractivity contribution >= 4 is 29.5 Å². The first-order valence-corrected chi connectivity index (χ1v) is 10.2. The van der Waals surface area contributed by atoms with E-state index in [1.165, 1.54) is 6.08 Å². The van der Waals surface area contributed by atoms with E-state index in [2.05, 4.69) is 5.32 Å². The van der Waals surface area contributed by atoms with E-state index in [1.54, 1.807) is 35.2 Å². The number of hydrogen-bond acceptors (Lipinski definition) is 5. The van der Waals surface area contributed by atoms with Crippen molar-refractivity contribution in [2.45, 2.75) is 20.8 Å². The molecular formula is C24H28N2O5. The third-order valence-electron chi connectivity index (χ3n) is 4.43. The van der Waals surface area contributed by atoms with Crippen LogP contribution in [0.2, 0.25) is 0 Å². The number of amides is 2. The fourth-order valence-corrected chi connectivity index (χ4v) is 2.83. The van der Waals surface area contributed by atoms with Crippen LogP contribution < -0.4 is 10.1 Å². The first-order valence-electron chi connectivity index (χ1n) is 10.2. The van der Waals surface area contributed by atoms with Crippen molar-refractivity contribution in [2.75, 3.05) is 31.6 Å². The largest absolute Gasteiger partial charge is 0.493 e. The Labute approximate surface area is 182 Å². The topological polar surface area (TPSA) is 84.9 Å². The number of hydrogen-bond donors (Lipinski definition) is 1. The third kappa shape index (κ3) is 7.29. The molecule has 0 fully saturated rings. The number of carbonyl (C=O) groups is 3. The SMILES string of the molecule is CCOc1ccccc1/C=C/C(=O)OCC(=O)Nc1ccc(C(=O)N(CC)CC)cc1. The van der Waals surface area contributed by atoms with Crippen LogP contribution >= 0.6 is 0 Å². The van der Waals surface area contributed by atoms with Crippen LogP contribution in [0.15, 0.2) is 54.6 Å². The number of benzene rings is 2. The average Bonchev–Trinajstić information content (AvgIpc) is 2.78. The normalized spacial score (nSPS) is 10.5. The summed E-state index contributed by atoms with van der Waals surface area (Å²) in [5, 5.41) is 2.64. The predicted octanol–water partition coefficient (Wildman–Crippen LogP) is 3.76. The summed E-state index contributed by atoms with van der Waals surface area (Å²) in [6, 6.07) is 13.9. The molecule has 0 radical (unpaired) electrons. The standard InChI is InChI=1S/C24H28N2O5/c1-4-26(5-2)24(29)19-11-14-20(15-12-19)25-22(27)17-31-23(28)16-13-18-9-7-8-10-21(18)30-6-3/h7-16H,4-6,17H2,1-3H3,(H,25,27)/b16-13+. The Morgan fingerprint density at radius 1 is 0.968 bits per heavy atom. The molecular weight excluding hydrogens is 396 g/mol. The molecule has 0 saturated carbocycles. The van der Waals surface area contributed by atoms with Crippen LogP contribution in [-0.4, -0.2) is 49.0 Å². The molecule has 1 N–H and O–H groups in total. The zero-order chi connectivity index (χ0) is 22.6. The van der Waals surface area contributed by atoms with E-state index in [1.807, 2.05) is 45.0 Å². The van der Waals surface area contributed by atoms with Gasteiger partial charge in [0.2, 0.25) is 0 Å². The van der Waals surface area contributed by atoms with Crippen molar-refractivity contribution < 1.29 is 23.9 Å². The molecule has 0 heterocycles. The van der Waals surface area contributed by atoms with Gasteiger partial charge in [0.25, 0.3) is 11.8 Å². The zero-order valence-corrected chi connectivity index (χ0v) is 18.1. The van der Waals surface area contributed by atoms with Gasteiger partial charge in [0.05, 0.1) is 6.61 Å². The van der Waals surface area contributed by atoms with Gasteiger partial charge in [0.1, 0.15) is 5.75 Å². The summed E-state index contributed by atoms with van der Waals surface area (Å²) >= 11 is 0. The number of rotatable bonds is 10. The van der Waals surface area contributed by atoms with Gasteiger partial charge < -0.3 is 19.7 Å². The lowest BCUT2D eigenvalue weighted by molar-refractivity contribution is -0.142. The maximum atomic E-state index is 12.3. The number of ether oxygens (including phenoxy) is 2. The van der Waals surface area contributed by atoms with Crippen LogP contribution in [0.3, 0.4) is 0 Å². The molecule has 2 rings (SSSR count). The molecule has 0 aromatic heterocycles. The minimum Gasteiger partial charge on any atom is -0.493 e. The molecule has 0 aliphatic carbocycles. The summed E-state index contributed by atoms with van der Waals surface area (Å²) in [4.78, 5) is 38.0. The third-order valence-corrected chi connectivity index (χ3v) is 4.43. The number of nitrogens with one attached hydrogen (secondary N) is 1. The van der Waals surface area contributed by atoms with E-state index in [0.717, 1.165) is 5.56 Å². The van der Waals surface area contributed by atoms with E-state index in [0.29, 0.717) is 36.7 Å². The minimum atomic E-state index is -0.637. The second-order valence-corrected chi connectivity index (χ2v) is 6.51. The molecule has 0 unspecified atom stereocenters. The van der Waals surface area contributed by atoms with E-state index < -0.39 is 18.5 Å². The molecule has 7 nitrogen and oxygen atoms in total. The van der Waals surface area contributed by atoms with Gasteiger partial charge in [0.15, 0.2) is 6.61 Å². The second kappa shape index (κ2) is 12.2.